The number of ether oxygens (including phenoxy) is 1. The van der Waals surface area contributed by atoms with Crippen LogP contribution in [0.25, 0.3) is 0 Å². The molecule has 210 valence electrons. The first kappa shape index (κ1) is 29.4. The Morgan fingerprint density at radius 3 is 2.35 bits per heavy atom. The number of sulfonamides is 1. The number of carbonyl (C=O) groups excluding carboxylic acids is 2. The molecule has 1 amide bonds. The molecular weight excluding hydrogens is 548 g/mol. The molecule has 1 aromatic heterocycles. The van der Waals surface area contributed by atoms with E-state index in [9.17, 15) is 23.3 Å². The van der Waals surface area contributed by atoms with Gasteiger partial charge in [-0.2, -0.15) is 5.26 Å². The Morgan fingerprint density at radius 1 is 1.10 bits per heavy atom. The molecule has 0 spiro atoms. The van der Waals surface area contributed by atoms with Gasteiger partial charge in [-0.15, -0.1) is 11.3 Å². The molecule has 0 N–H and O–H groups in total. The normalized spacial score (nSPS) is 14.0. The number of Topliss-reactive ketones (excluding diaryl/α,β-unsaturated/α-hetero) is 1. The van der Waals surface area contributed by atoms with Crippen LogP contribution in [0.4, 0.5) is 0 Å². The van der Waals surface area contributed by atoms with Gasteiger partial charge in [-0.1, -0.05) is 42.5 Å². The summed E-state index contributed by atoms with van der Waals surface area (Å²) in [6, 6.07) is 19.5. The van der Waals surface area contributed by atoms with Crippen LogP contribution >= 0.6 is 11.3 Å². The number of rotatable bonds is 13. The van der Waals surface area contributed by atoms with Gasteiger partial charge in [0.1, 0.15) is 33.2 Å². The molecular formula is C29H32N4O5S2. The van der Waals surface area contributed by atoms with Crippen molar-refractivity contribution >= 4 is 33.1 Å². The average molecular weight is 581 g/mol. The summed E-state index contributed by atoms with van der Waals surface area (Å²) in [7, 11) is 0.466. The van der Waals surface area contributed by atoms with Crippen molar-refractivity contribution in [1.29, 1.82) is 5.26 Å². The molecule has 1 saturated carbocycles. The summed E-state index contributed by atoms with van der Waals surface area (Å²) in [6.45, 7) is 0.587. The Hall–Kier alpha value is -3.59. The second-order valence-electron chi connectivity index (χ2n) is 9.99. The Bertz CT molecular complexity index is 1510. The number of carbonyl (C=O) groups is 2. The molecule has 0 unspecified atom stereocenters. The maximum Gasteiger partial charge on any atom is 0.233 e. The van der Waals surface area contributed by atoms with Gasteiger partial charge in [-0.25, -0.2) is 17.7 Å². The van der Waals surface area contributed by atoms with Crippen LogP contribution in [0.15, 0.2) is 54.6 Å². The van der Waals surface area contributed by atoms with Gasteiger partial charge in [0.05, 0.1) is 19.1 Å². The third kappa shape index (κ3) is 6.58. The van der Waals surface area contributed by atoms with Gasteiger partial charge in [0, 0.05) is 20.6 Å². The Labute approximate surface area is 239 Å². The number of methoxy groups -OCH3 is 1. The number of hydrogen-bond acceptors (Lipinski definition) is 8. The lowest BCUT2D eigenvalue weighted by molar-refractivity contribution is -0.134. The summed E-state index contributed by atoms with van der Waals surface area (Å²) in [5.41, 5.74) is 1.29. The number of amides is 1. The Morgan fingerprint density at radius 2 is 1.77 bits per heavy atom. The average Bonchev–Trinajstić information content (AvgIpc) is 3.66. The van der Waals surface area contributed by atoms with Gasteiger partial charge in [-0.05, 0) is 48.9 Å². The van der Waals surface area contributed by atoms with E-state index in [0.29, 0.717) is 17.3 Å². The number of benzene rings is 2. The highest BCUT2D eigenvalue weighted by Gasteiger charge is 2.53. The lowest BCUT2D eigenvalue weighted by Gasteiger charge is -2.27. The summed E-state index contributed by atoms with van der Waals surface area (Å²) in [5, 5.41) is 10.1. The maximum absolute atomic E-state index is 14.0. The highest BCUT2D eigenvalue weighted by molar-refractivity contribution is 7.89. The molecule has 4 rings (SSSR count). The van der Waals surface area contributed by atoms with E-state index < -0.39 is 27.0 Å². The number of thiazole rings is 1. The zero-order chi connectivity index (χ0) is 28.9. The molecule has 0 saturated heterocycles. The van der Waals surface area contributed by atoms with Gasteiger partial charge >= 0.3 is 0 Å². The van der Waals surface area contributed by atoms with Crippen molar-refractivity contribution in [2.24, 2.45) is 0 Å². The van der Waals surface area contributed by atoms with E-state index in [1.54, 1.807) is 12.0 Å². The third-order valence-corrected chi connectivity index (χ3v) is 9.74. The van der Waals surface area contributed by atoms with E-state index in [2.05, 4.69) is 4.98 Å². The topological polar surface area (TPSA) is 121 Å². The van der Waals surface area contributed by atoms with Crippen LogP contribution in [-0.4, -0.2) is 67.8 Å². The molecule has 1 aliphatic carbocycles. The SMILES string of the molecule is COc1ccc(C2(C(=O)N(CCCc3ccccc3)Cc3nc(C(=O)CS(=O)(=O)N(C)C)c(C#N)s3)CC2)cc1. The molecule has 1 heterocycles. The van der Waals surface area contributed by atoms with Crippen LogP contribution in [0.2, 0.25) is 0 Å². The summed E-state index contributed by atoms with van der Waals surface area (Å²) in [4.78, 5) is 33.0. The lowest BCUT2D eigenvalue weighted by Crippen LogP contribution is -2.39. The molecule has 0 radical (unpaired) electrons. The lowest BCUT2D eigenvalue weighted by atomic mass is 9.94. The van der Waals surface area contributed by atoms with E-state index in [1.165, 1.54) is 19.7 Å². The fourth-order valence-electron chi connectivity index (χ4n) is 4.56. The second-order valence-corrected chi connectivity index (χ2v) is 13.3. The second kappa shape index (κ2) is 12.3. The maximum atomic E-state index is 14.0. The molecule has 0 aliphatic heterocycles. The first-order valence-electron chi connectivity index (χ1n) is 12.9. The van der Waals surface area contributed by atoms with Crippen LogP contribution in [0, 0.1) is 11.3 Å². The minimum Gasteiger partial charge on any atom is -0.497 e. The Kier molecular flexibility index (Phi) is 9.03. The van der Waals surface area contributed by atoms with Crippen LogP contribution in [-0.2, 0) is 33.2 Å². The number of nitrogens with zero attached hydrogens (tertiary/aromatic N) is 4. The van der Waals surface area contributed by atoms with Gasteiger partial charge in [0.25, 0.3) is 0 Å². The van der Waals surface area contributed by atoms with Crippen molar-refractivity contribution in [1.82, 2.24) is 14.2 Å². The van der Waals surface area contributed by atoms with Crippen molar-refractivity contribution in [2.75, 3.05) is 33.5 Å². The van der Waals surface area contributed by atoms with Crippen LogP contribution in [0.3, 0.4) is 0 Å². The van der Waals surface area contributed by atoms with Gasteiger partial charge in [0.2, 0.25) is 15.9 Å². The van der Waals surface area contributed by atoms with E-state index in [0.717, 1.165) is 46.9 Å². The van der Waals surface area contributed by atoms with Crippen molar-refractivity contribution in [2.45, 2.75) is 37.6 Å². The van der Waals surface area contributed by atoms with Crippen LogP contribution in [0.1, 0.15) is 50.8 Å². The molecule has 3 aromatic rings. The molecule has 1 aliphatic rings. The zero-order valence-corrected chi connectivity index (χ0v) is 24.4. The van der Waals surface area contributed by atoms with Crippen molar-refractivity contribution in [3.63, 3.8) is 0 Å². The molecule has 1 fully saturated rings. The van der Waals surface area contributed by atoms with Crippen molar-refractivity contribution < 1.29 is 22.7 Å². The largest absolute Gasteiger partial charge is 0.497 e. The predicted octanol–water partition coefficient (Wildman–Crippen LogP) is 3.79. The summed E-state index contributed by atoms with van der Waals surface area (Å²) < 4.78 is 30.7. The molecule has 40 heavy (non-hydrogen) atoms. The van der Waals surface area contributed by atoms with Gasteiger partial charge < -0.3 is 9.64 Å². The summed E-state index contributed by atoms with van der Waals surface area (Å²) in [5.74, 6) is -0.834. The van der Waals surface area contributed by atoms with Crippen LogP contribution < -0.4 is 4.74 Å². The highest BCUT2D eigenvalue weighted by atomic mass is 32.2. The number of aromatic nitrogens is 1. The third-order valence-electron chi connectivity index (χ3n) is 7.06. The predicted molar refractivity (Wildman–Crippen MR) is 153 cm³/mol. The van der Waals surface area contributed by atoms with E-state index in [-0.39, 0.29) is 23.0 Å². The first-order chi connectivity index (χ1) is 19.1. The van der Waals surface area contributed by atoms with E-state index in [4.69, 9.17) is 4.74 Å². The van der Waals surface area contributed by atoms with Crippen molar-refractivity contribution in [3.05, 3.63) is 81.3 Å². The quantitative estimate of drug-likeness (QED) is 0.282. The number of hydrogen-bond donors (Lipinski definition) is 0. The van der Waals surface area contributed by atoms with Crippen molar-refractivity contribution in [3.8, 4) is 11.8 Å². The molecule has 0 bridgehead atoms. The standard InChI is InChI=1S/C29H32N4O5S2/c1-32(2)40(36,37)20-24(34)27-25(18-30)39-26(31-27)19-33(17-7-10-21-8-5-4-6-9-21)28(35)29(15-16-29)22-11-13-23(38-3)14-12-22/h4-6,8-9,11-14H,7,10,15-17,19-20H2,1-3H3. The fourth-order valence-corrected chi connectivity index (χ4v) is 6.18. The number of aryl methyl sites for hydroxylation is 1. The number of ketones is 1. The highest BCUT2D eigenvalue weighted by Crippen LogP contribution is 2.50. The molecule has 2 aromatic carbocycles. The monoisotopic (exact) mass is 580 g/mol. The van der Waals surface area contributed by atoms with Crippen LogP contribution in [0.5, 0.6) is 5.75 Å². The van der Waals surface area contributed by atoms with E-state index in [1.807, 2.05) is 60.7 Å². The Balaban J connectivity index is 1.58. The molecule has 9 nitrogen and oxygen atoms in total. The van der Waals surface area contributed by atoms with Gasteiger partial charge in [0.15, 0.2) is 5.78 Å². The summed E-state index contributed by atoms with van der Waals surface area (Å²) in [6.07, 6.45) is 2.95. The number of nitriles is 1. The zero-order valence-electron chi connectivity index (χ0n) is 22.8. The minimum absolute atomic E-state index is 0.0255. The molecule has 0 atom stereocenters. The molecule has 11 heteroatoms. The fraction of sp³-hybridized carbons (Fsp3) is 0.379. The van der Waals surface area contributed by atoms with E-state index >= 15 is 0 Å². The summed E-state index contributed by atoms with van der Waals surface area (Å²) >= 11 is 1.02. The minimum atomic E-state index is -3.82. The first-order valence-corrected chi connectivity index (χ1v) is 15.3. The van der Waals surface area contributed by atoms with Gasteiger partial charge in [-0.3, -0.25) is 9.59 Å². The smallest absolute Gasteiger partial charge is 0.233 e.